The van der Waals surface area contributed by atoms with E-state index < -0.39 is 17.5 Å². The van der Waals surface area contributed by atoms with Crippen LogP contribution in [0.3, 0.4) is 0 Å². The Morgan fingerprint density at radius 3 is 2.45 bits per heavy atom. The average Bonchev–Trinajstić information content (AvgIpc) is 3.07. The molecule has 22 heavy (non-hydrogen) atoms. The molecule has 1 aromatic rings. The van der Waals surface area contributed by atoms with Gasteiger partial charge >= 0.3 is 0 Å². The molecule has 0 N–H and O–H groups in total. The monoisotopic (exact) mass is 314 g/mol. The molecule has 0 aliphatic carbocycles. The average molecular weight is 314 g/mol. The van der Waals surface area contributed by atoms with E-state index >= 15 is 0 Å². The predicted octanol–water partition coefficient (Wildman–Crippen LogP) is 1.93. The van der Waals surface area contributed by atoms with Crippen molar-refractivity contribution in [2.45, 2.75) is 18.9 Å². The molecule has 4 nitrogen and oxygen atoms in total. The van der Waals surface area contributed by atoms with Gasteiger partial charge in [0.05, 0.1) is 5.69 Å². The van der Waals surface area contributed by atoms with Crippen LogP contribution in [0.1, 0.15) is 12.8 Å². The van der Waals surface area contributed by atoms with E-state index in [4.69, 9.17) is 4.74 Å². The van der Waals surface area contributed by atoms with Gasteiger partial charge < -0.3 is 14.5 Å². The number of hydrogen-bond donors (Lipinski definition) is 0. The number of rotatable bonds is 2. The number of nitrogens with zero attached hydrogens (tertiary/aromatic N) is 2. The summed E-state index contributed by atoms with van der Waals surface area (Å²) in [5.41, 5.74) is 0.0307. The maximum Gasteiger partial charge on any atom is 0.251 e. The first-order valence-corrected chi connectivity index (χ1v) is 7.37. The third kappa shape index (κ3) is 2.77. The molecule has 0 radical (unpaired) electrons. The third-order valence-corrected chi connectivity index (χ3v) is 4.15. The fourth-order valence-corrected chi connectivity index (χ4v) is 2.90. The highest BCUT2D eigenvalue weighted by Crippen LogP contribution is 2.25. The second kappa shape index (κ2) is 6.16. The zero-order chi connectivity index (χ0) is 15.7. The Balaban J connectivity index is 1.64. The molecule has 3 rings (SSSR count). The first-order valence-electron chi connectivity index (χ1n) is 7.37. The zero-order valence-electron chi connectivity index (χ0n) is 12.0. The predicted molar refractivity (Wildman–Crippen MR) is 74.1 cm³/mol. The van der Waals surface area contributed by atoms with Crippen LogP contribution in [0.2, 0.25) is 0 Å². The lowest BCUT2D eigenvalue weighted by Crippen LogP contribution is -2.51. The van der Waals surface area contributed by atoms with Crippen LogP contribution in [0.5, 0.6) is 0 Å². The molecular formula is C15H17F3N2O2. The topological polar surface area (TPSA) is 32.8 Å². The van der Waals surface area contributed by atoms with E-state index in [2.05, 4.69) is 0 Å². The number of amides is 1. The summed E-state index contributed by atoms with van der Waals surface area (Å²) in [7, 11) is 0. The quantitative estimate of drug-likeness (QED) is 0.782. The van der Waals surface area contributed by atoms with Gasteiger partial charge in [-0.05, 0) is 25.0 Å². The van der Waals surface area contributed by atoms with Crippen molar-refractivity contribution in [1.29, 1.82) is 0 Å². The second-order valence-corrected chi connectivity index (χ2v) is 5.51. The first-order chi connectivity index (χ1) is 10.6. The van der Waals surface area contributed by atoms with Crippen LogP contribution < -0.4 is 4.90 Å². The Morgan fingerprint density at radius 2 is 1.82 bits per heavy atom. The second-order valence-electron chi connectivity index (χ2n) is 5.51. The lowest BCUT2D eigenvalue weighted by molar-refractivity contribution is -0.141. The molecule has 0 spiro atoms. The number of piperazine rings is 1. The van der Waals surface area contributed by atoms with Crippen molar-refractivity contribution in [1.82, 2.24) is 4.90 Å². The number of carbonyl (C=O) groups is 1. The SMILES string of the molecule is O=C(C1CCCO1)N1CCN(c2ccc(F)c(F)c2F)CC1. The number of halogens is 3. The molecule has 2 aliphatic rings. The molecule has 2 heterocycles. The zero-order valence-corrected chi connectivity index (χ0v) is 12.0. The number of carbonyl (C=O) groups excluding carboxylic acids is 1. The van der Waals surface area contributed by atoms with Gasteiger partial charge in [0.1, 0.15) is 6.10 Å². The summed E-state index contributed by atoms with van der Waals surface area (Å²) in [4.78, 5) is 15.5. The molecule has 1 unspecified atom stereocenters. The summed E-state index contributed by atoms with van der Waals surface area (Å²) in [6, 6.07) is 2.14. The highest BCUT2D eigenvalue weighted by molar-refractivity contribution is 5.81. The molecule has 120 valence electrons. The Labute approximate surface area is 126 Å². The smallest absolute Gasteiger partial charge is 0.251 e. The van der Waals surface area contributed by atoms with Crippen LogP contribution in [0.4, 0.5) is 18.9 Å². The van der Waals surface area contributed by atoms with Gasteiger partial charge in [0.2, 0.25) is 0 Å². The highest BCUT2D eigenvalue weighted by atomic mass is 19.2. The molecule has 0 saturated carbocycles. The maximum atomic E-state index is 13.8. The summed E-state index contributed by atoms with van der Waals surface area (Å²) in [6.07, 6.45) is 1.25. The molecule has 1 atom stereocenters. The van der Waals surface area contributed by atoms with Crippen LogP contribution >= 0.6 is 0 Å². The van der Waals surface area contributed by atoms with Gasteiger partial charge in [-0.1, -0.05) is 0 Å². The van der Waals surface area contributed by atoms with E-state index in [1.807, 2.05) is 0 Å². The van der Waals surface area contributed by atoms with E-state index in [-0.39, 0.29) is 17.7 Å². The van der Waals surface area contributed by atoms with Gasteiger partial charge in [-0.2, -0.15) is 0 Å². The summed E-state index contributed by atoms with van der Waals surface area (Å²) in [6.45, 7) is 2.19. The Morgan fingerprint density at radius 1 is 1.09 bits per heavy atom. The van der Waals surface area contributed by atoms with Gasteiger partial charge in [-0.25, -0.2) is 13.2 Å². The molecule has 2 aliphatic heterocycles. The normalized spacial score (nSPS) is 22.2. The Kier molecular flexibility index (Phi) is 4.24. The van der Waals surface area contributed by atoms with Gasteiger partial charge in [0.15, 0.2) is 17.5 Å². The van der Waals surface area contributed by atoms with Crippen LogP contribution in [-0.4, -0.2) is 49.7 Å². The Hall–Kier alpha value is -1.76. The van der Waals surface area contributed by atoms with E-state index in [1.165, 1.54) is 6.07 Å². The summed E-state index contributed by atoms with van der Waals surface area (Å²) in [5, 5.41) is 0. The van der Waals surface area contributed by atoms with Crippen molar-refractivity contribution in [2.24, 2.45) is 0 Å². The van der Waals surface area contributed by atoms with Gasteiger partial charge in [0.25, 0.3) is 5.91 Å². The van der Waals surface area contributed by atoms with Crippen molar-refractivity contribution < 1.29 is 22.7 Å². The standard InChI is InChI=1S/C15H17F3N2O2/c16-10-3-4-11(14(18)13(10)17)19-5-7-20(8-6-19)15(21)12-2-1-9-22-12/h3-4,12H,1-2,5-9H2. The lowest BCUT2D eigenvalue weighted by atomic mass is 10.2. The van der Waals surface area contributed by atoms with Gasteiger partial charge in [0, 0.05) is 32.8 Å². The largest absolute Gasteiger partial charge is 0.368 e. The maximum absolute atomic E-state index is 13.8. The van der Waals surface area contributed by atoms with E-state index in [1.54, 1.807) is 9.80 Å². The van der Waals surface area contributed by atoms with Crippen molar-refractivity contribution in [3.8, 4) is 0 Å². The minimum absolute atomic E-state index is 0.0307. The number of anilines is 1. The third-order valence-electron chi connectivity index (χ3n) is 4.15. The molecule has 2 fully saturated rings. The van der Waals surface area contributed by atoms with Gasteiger partial charge in [-0.15, -0.1) is 0 Å². The summed E-state index contributed by atoms with van der Waals surface area (Å²) in [5.74, 6) is -3.88. The Bertz CT molecular complexity index is 568. The van der Waals surface area contributed by atoms with Crippen LogP contribution in [-0.2, 0) is 9.53 Å². The fourth-order valence-electron chi connectivity index (χ4n) is 2.90. The van der Waals surface area contributed by atoms with E-state index in [0.29, 0.717) is 32.8 Å². The number of ether oxygens (including phenoxy) is 1. The molecule has 2 saturated heterocycles. The van der Waals surface area contributed by atoms with Crippen molar-refractivity contribution in [3.05, 3.63) is 29.6 Å². The molecule has 0 bridgehead atoms. The van der Waals surface area contributed by atoms with E-state index in [0.717, 1.165) is 18.9 Å². The van der Waals surface area contributed by atoms with Crippen molar-refractivity contribution >= 4 is 11.6 Å². The van der Waals surface area contributed by atoms with Crippen molar-refractivity contribution in [3.63, 3.8) is 0 Å². The fraction of sp³-hybridized carbons (Fsp3) is 0.533. The van der Waals surface area contributed by atoms with Crippen molar-refractivity contribution in [2.75, 3.05) is 37.7 Å². The minimum Gasteiger partial charge on any atom is -0.368 e. The van der Waals surface area contributed by atoms with E-state index in [9.17, 15) is 18.0 Å². The van der Waals surface area contributed by atoms with Crippen LogP contribution in [0.15, 0.2) is 12.1 Å². The van der Waals surface area contributed by atoms with Crippen LogP contribution in [0, 0.1) is 17.5 Å². The molecule has 7 heteroatoms. The molecule has 0 aromatic heterocycles. The summed E-state index contributed by atoms with van der Waals surface area (Å²) >= 11 is 0. The molecular weight excluding hydrogens is 297 g/mol. The number of hydrogen-bond acceptors (Lipinski definition) is 3. The molecule has 1 amide bonds. The highest BCUT2D eigenvalue weighted by Gasteiger charge is 2.31. The first kappa shape index (κ1) is 15.1. The van der Waals surface area contributed by atoms with Gasteiger partial charge in [-0.3, -0.25) is 4.79 Å². The minimum atomic E-state index is -1.46. The lowest BCUT2D eigenvalue weighted by Gasteiger charge is -2.37. The van der Waals surface area contributed by atoms with Crippen LogP contribution in [0.25, 0.3) is 0 Å². The molecule has 1 aromatic carbocycles. The summed E-state index contributed by atoms with van der Waals surface area (Å²) < 4.78 is 45.4. The number of benzene rings is 1.